The van der Waals surface area contributed by atoms with Crippen molar-refractivity contribution in [1.82, 2.24) is 19.1 Å². The van der Waals surface area contributed by atoms with Gasteiger partial charge in [0.05, 0.1) is 10.6 Å². The van der Waals surface area contributed by atoms with Gasteiger partial charge in [-0.25, -0.2) is 8.42 Å². The third-order valence-corrected chi connectivity index (χ3v) is 9.25. The summed E-state index contributed by atoms with van der Waals surface area (Å²) < 4.78 is 29.5. The highest BCUT2D eigenvalue weighted by atomic mass is 35.5. The lowest BCUT2D eigenvalue weighted by molar-refractivity contribution is -0.113. The minimum atomic E-state index is -3.65. The van der Waals surface area contributed by atoms with Crippen LogP contribution in [0.2, 0.25) is 5.02 Å². The van der Waals surface area contributed by atoms with Gasteiger partial charge in [-0.1, -0.05) is 73.6 Å². The van der Waals surface area contributed by atoms with Gasteiger partial charge in [0, 0.05) is 35.1 Å². The quantitative estimate of drug-likeness (QED) is 0.248. The van der Waals surface area contributed by atoms with Crippen molar-refractivity contribution in [2.75, 3.05) is 24.2 Å². The number of hydrogen-bond donors (Lipinski definition) is 1. The Labute approximate surface area is 232 Å². The second-order valence-corrected chi connectivity index (χ2v) is 11.7. The predicted octanol–water partition coefficient (Wildman–Crippen LogP) is 5.66. The lowest BCUT2D eigenvalue weighted by Crippen LogP contribution is -2.30. The van der Waals surface area contributed by atoms with Gasteiger partial charge < -0.3 is 5.32 Å². The number of para-hydroxylation sites is 1. The third kappa shape index (κ3) is 6.10. The highest BCUT2D eigenvalue weighted by Crippen LogP contribution is 2.30. The molecule has 0 aliphatic carbocycles. The second-order valence-electron chi connectivity index (χ2n) is 8.40. The molecule has 0 unspecified atom stereocenters. The number of nitrogens with one attached hydrogen (secondary N) is 1. The molecule has 0 spiro atoms. The summed E-state index contributed by atoms with van der Waals surface area (Å²) in [6.07, 6.45) is 0. The summed E-state index contributed by atoms with van der Waals surface area (Å²) in [6, 6.07) is 21.5. The monoisotopic (exact) mass is 569 g/mol. The van der Waals surface area contributed by atoms with E-state index in [0.717, 1.165) is 11.3 Å². The highest BCUT2D eigenvalue weighted by molar-refractivity contribution is 7.99. The van der Waals surface area contributed by atoms with Gasteiger partial charge in [-0.3, -0.25) is 9.36 Å². The van der Waals surface area contributed by atoms with Gasteiger partial charge in [-0.05, 0) is 48.9 Å². The Hall–Kier alpha value is -3.18. The molecule has 38 heavy (non-hydrogen) atoms. The standard InChI is InChI=1S/C27H28ClN5O3S2/c1-4-32(5-2)38(35,36)23-13-9-10-20(16-23)26-30-31-27(33(26)22-11-7-6-8-12-22)37-18-25(34)29-21-15-14-19(3)24(28)17-21/h6-17H,4-5,18H2,1-3H3,(H,29,34). The predicted molar refractivity (Wildman–Crippen MR) is 152 cm³/mol. The molecular formula is C27H28ClN5O3S2. The molecule has 4 rings (SSSR count). The van der Waals surface area contributed by atoms with Gasteiger partial charge >= 0.3 is 0 Å². The molecule has 0 aliphatic rings. The van der Waals surface area contributed by atoms with Crippen LogP contribution in [0.5, 0.6) is 0 Å². The lowest BCUT2D eigenvalue weighted by atomic mass is 10.2. The zero-order valence-corrected chi connectivity index (χ0v) is 23.6. The molecule has 1 heterocycles. The molecule has 11 heteroatoms. The molecule has 0 radical (unpaired) electrons. The maximum Gasteiger partial charge on any atom is 0.243 e. The Morgan fingerprint density at radius 3 is 2.42 bits per heavy atom. The van der Waals surface area contributed by atoms with E-state index >= 15 is 0 Å². The average molecular weight is 570 g/mol. The number of aryl methyl sites for hydroxylation is 1. The van der Waals surface area contributed by atoms with Gasteiger partial charge in [0.15, 0.2) is 11.0 Å². The minimum Gasteiger partial charge on any atom is -0.325 e. The van der Waals surface area contributed by atoms with Crippen LogP contribution < -0.4 is 5.32 Å². The minimum absolute atomic E-state index is 0.0901. The SMILES string of the molecule is CCN(CC)S(=O)(=O)c1cccc(-c2nnc(SCC(=O)Nc3ccc(C)c(Cl)c3)n2-c2ccccc2)c1. The zero-order valence-electron chi connectivity index (χ0n) is 21.3. The fourth-order valence-corrected chi connectivity index (χ4v) is 6.30. The summed E-state index contributed by atoms with van der Waals surface area (Å²) in [5.41, 5.74) is 2.93. The summed E-state index contributed by atoms with van der Waals surface area (Å²) in [7, 11) is -3.65. The van der Waals surface area contributed by atoms with E-state index in [2.05, 4.69) is 15.5 Å². The van der Waals surface area contributed by atoms with Gasteiger partial charge in [-0.2, -0.15) is 4.31 Å². The Kier molecular flexibility index (Phi) is 8.88. The van der Waals surface area contributed by atoms with Crippen molar-refractivity contribution in [1.29, 1.82) is 0 Å². The van der Waals surface area contributed by atoms with Gasteiger partial charge in [-0.15, -0.1) is 10.2 Å². The van der Waals surface area contributed by atoms with Crippen molar-refractivity contribution >= 4 is 45.0 Å². The summed E-state index contributed by atoms with van der Waals surface area (Å²) >= 11 is 7.41. The van der Waals surface area contributed by atoms with Crippen molar-refractivity contribution in [2.24, 2.45) is 0 Å². The maximum atomic E-state index is 13.1. The zero-order chi connectivity index (χ0) is 27.3. The average Bonchev–Trinajstić information content (AvgIpc) is 3.35. The molecule has 0 bridgehead atoms. The molecule has 0 aliphatic heterocycles. The number of nitrogens with zero attached hydrogens (tertiary/aromatic N) is 4. The van der Waals surface area contributed by atoms with Crippen LogP contribution in [0.3, 0.4) is 0 Å². The lowest BCUT2D eigenvalue weighted by Gasteiger charge is -2.19. The van der Waals surface area contributed by atoms with E-state index in [9.17, 15) is 13.2 Å². The normalized spacial score (nSPS) is 11.6. The number of thioether (sulfide) groups is 1. The fraction of sp³-hybridized carbons (Fsp3) is 0.222. The van der Waals surface area contributed by atoms with Crippen LogP contribution in [0.15, 0.2) is 82.8 Å². The summed E-state index contributed by atoms with van der Waals surface area (Å²) in [5, 5.41) is 12.7. The summed E-state index contributed by atoms with van der Waals surface area (Å²) in [6.45, 7) is 6.27. The number of carbonyl (C=O) groups is 1. The first-order valence-electron chi connectivity index (χ1n) is 12.0. The molecule has 0 atom stereocenters. The molecule has 1 amide bonds. The first kappa shape index (κ1) is 27.8. The van der Waals surface area contributed by atoms with Gasteiger partial charge in [0.25, 0.3) is 0 Å². The summed E-state index contributed by atoms with van der Waals surface area (Å²) in [4.78, 5) is 12.9. The van der Waals surface area contributed by atoms with E-state index < -0.39 is 10.0 Å². The Morgan fingerprint density at radius 1 is 1.00 bits per heavy atom. The maximum absolute atomic E-state index is 13.1. The van der Waals surface area contributed by atoms with Crippen LogP contribution in [0.25, 0.3) is 17.1 Å². The third-order valence-electron chi connectivity index (χ3n) is 5.87. The van der Waals surface area contributed by atoms with E-state index in [-0.39, 0.29) is 16.6 Å². The molecule has 0 saturated carbocycles. The van der Waals surface area contributed by atoms with Gasteiger partial charge in [0.1, 0.15) is 0 Å². The van der Waals surface area contributed by atoms with Crippen LogP contribution in [0, 0.1) is 6.92 Å². The molecule has 4 aromatic rings. The summed E-state index contributed by atoms with van der Waals surface area (Å²) in [5.74, 6) is 0.347. The number of amides is 1. The number of halogens is 1. The van der Waals surface area contributed by atoms with E-state index in [4.69, 9.17) is 11.6 Å². The molecule has 3 aromatic carbocycles. The van der Waals surface area contributed by atoms with Crippen molar-refractivity contribution in [3.05, 3.63) is 83.4 Å². The number of sulfonamides is 1. The molecule has 1 aromatic heterocycles. The largest absolute Gasteiger partial charge is 0.325 e. The van der Waals surface area contributed by atoms with Crippen LogP contribution in [0.4, 0.5) is 5.69 Å². The first-order chi connectivity index (χ1) is 18.2. The van der Waals surface area contributed by atoms with Crippen LogP contribution in [0.1, 0.15) is 19.4 Å². The molecule has 8 nitrogen and oxygen atoms in total. The van der Waals surface area contributed by atoms with Crippen molar-refractivity contribution in [3.8, 4) is 17.1 Å². The van der Waals surface area contributed by atoms with Crippen LogP contribution in [-0.4, -0.2) is 52.2 Å². The Balaban J connectivity index is 1.65. The second kappa shape index (κ2) is 12.1. The topological polar surface area (TPSA) is 97.2 Å². The highest BCUT2D eigenvalue weighted by Gasteiger charge is 2.24. The van der Waals surface area contributed by atoms with E-state index in [0.29, 0.717) is 40.3 Å². The molecule has 0 saturated heterocycles. The fourth-order valence-electron chi connectivity index (χ4n) is 3.87. The number of rotatable bonds is 10. The van der Waals surface area contributed by atoms with Crippen LogP contribution >= 0.6 is 23.4 Å². The number of aromatic nitrogens is 3. The first-order valence-corrected chi connectivity index (χ1v) is 14.8. The van der Waals surface area contributed by atoms with E-state index in [1.165, 1.54) is 16.1 Å². The Bertz CT molecular complexity index is 1540. The number of carbonyl (C=O) groups excluding carboxylic acids is 1. The van der Waals surface area contributed by atoms with Crippen molar-refractivity contribution < 1.29 is 13.2 Å². The molecule has 1 N–H and O–H groups in total. The van der Waals surface area contributed by atoms with E-state index in [1.54, 1.807) is 36.4 Å². The Morgan fingerprint density at radius 2 is 1.74 bits per heavy atom. The van der Waals surface area contributed by atoms with Gasteiger partial charge in [0.2, 0.25) is 15.9 Å². The number of anilines is 1. The molecular weight excluding hydrogens is 542 g/mol. The van der Waals surface area contributed by atoms with Crippen LogP contribution in [-0.2, 0) is 14.8 Å². The molecule has 0 fully saturated rings. The molecule has 198 valence electrons. The number of hydrogen-bond acceptors (Lipinski definition) is 6. The van der Waals surface area contributed by atoms with Crippen molar-refractivity contribution in [2.45, 2.75) is 30.8 Å². The smallest absolute Gasteiger partial charge is 0.243 e. The number of benzene rings is 3. The van der Waals surface area contributed by atoms with E-state index in [1.807, 2.05) is 61.7 Å². The van der Waals surface area contributed by atoms with Crippen molar-refractivity contribution in [3.63, 3.8) is 0 Å².